The number of carbonyl (C=O) groups excluding carboxylic acids is 1. The van der Waals surface area contributed by atoms with E-state index in [0.717, 1.165) is 0 Å². The van der Waals surface area contributed by atoms with Crippen LogP contribution in [-0.2, 0) is 4.79 Å². The molecule has 0 fully saturated rings. The molecule has 0 radical (unpaired) electrons. The second-order valence-corrected chi connectivity index (χ2v) is 3.27. The molecule has 0 aliphatic carbocycles. The van der Waals surface area contributed by atoms with Gasteiger partial charge < -0.3 is 11.1 Å². The van der Waals surface area contributed by atoms with E-state index in [4.69, 9.17) is 5.73 Å². The Balaban J connectivity index is 2.58. The molecule has 1 aromatic rings. The van der Waals surface area contributed by atoms with Gasteiger partial charge in [-0.3, -0.25) is 9.59 Å². The topological polar surface area (TPSA) is 101 Å². The molecular weight excluding hydrogens is 196 g/mol. The zero-order valence-electron chi connectivity index (χ0n) is 8.49. The van der Waals surface area contributed by atoms with Gasteiger partial charge in [-0.1, -0.05) is 6.92 Å². The first kappa shape index (κ1) is 11.4. The number of carbonyl (C=O) groups is 1. The Morgan fingerprint density at radius 2 is 2.40 bits per heavy atom. The minimum absolute atomic E-state index is 0.153. The van der Waals surface area contributed by atoms with Crippen LogP contribution in [0.25, 0.3) is 0 Å². The summed E-state index contributed by atoms with van der Waals surface area (Å²) in [6, 6.07) is 2.75. The van der Waals surface area contributed by atoms with Gasteiger partial charge in [0.15, 0.2) is 5.82 Å². The highest BCUT2D eigenvalue weighted by atomic mass is 16.2. The Bertz CT molecular complexity index is 367. The second kappa shape index (κ2) is 5.26. The van der Waals surface area contributed by atoms with Gasteiger partial charge in [-0.15, -0.1) is 0 Å². The largest absolute Gasteiger partial charge is 0.330 e. The predicted octanol–water partition coefficient (Wildman–Crippen LogP) is -0.307. The van der Waals surface area contributed by atoms with Crippen molar-refractivity contribution in [3.63, 3.8) is 0 Å². The van der Waals surface area contributed by atoms with Crippen LogP contribution in [0.5, 0.6) is 0 Å². The van der Waals surface area contributed by atoms with Gasteiger partial charge in [-0.25, -0.2) is 5.10 Å². The SMILES string of the molecule is CC(CCN)C(=O)Nc1ccc(=O)[nH]n1. The van der Waals surface area contributed by atoms with Crippen molar-refractivity contribution in [2.75, 3.05) is 11.9 Å². The van der Waals surface area contributed by atoms with Crippen molar-refractivity contribution in [1.82, 2.24) is 10.2 Å². The van der Waals surface area contributed by atoms with Gasteiger partial charge in [0.2, 0.25) is 5.91 Å². The summed E-state index contributed by atoms with van der Waals surface area (Å²) in [7, 11) is 0. The average molecular weight is 210 g/mol. The van der Waals surface area contributed by atoms with Gasteiger partial charge in [-0.2, -0.15) is 5.10 Å². The summed E-state index contributed by atoms with van der Waals surface area (Å²) in [6.45, 7) is 2.25. The molecule has 0 aliphatic heterocycles. The maximum atomic E-state index is 11.5. The normalized spacial score (nSPS) is 12.1. The first-order valence-electron chi connectivity index (χ1n) is 4.70. The Morgan fingerprint density at radius 1 is 1.67 bits per heavy atom. The Hall–Kier alpha value is -1.69. The Morgan fingerprint density at radius 3 is 2.93 bits per heavy atom. The van der Waals surface area contributed by atoms with E-state index in [1.54, 1.807) is 6.92 Å². The van der Waals surface area contributed by atoms with E-state index in [-0.39, 0.29) is 17.4 Å². The lowest BCUT2D eigenvalue weighted by Gasteiger charge is -2.09. The van der Waals surface area contributed by atoms with E-state index < -0.39 is 0 Å². The molecule has 0 aliphatic rings. The third-order valence-corrected chi connectivity index (χ3v) is 1.98. The summed E-state index contributed by atoms with van der Waals surface area (Å²) >= 11 is 0. The second-order valence-electron chi connectivity index (χ2n) is 3.27. The monoisotopic (exact) mass is 210 g/mol. The molecule has 1 unspecified atom stereocenters. The van der Waals surface area contributed by atoms with Crippen LogP contribution in [0, 0.1) is 5.92 Å². The lowest BCUT2D eigenvalue weighted by Crippen LogP contribution is -2.24. The molecule has 0 aromatic carbocycles. The number of aromatic nitrogens is 2. The van der Waals surface area contributed by atoms with Crippen LogP contribution in [0.1, 0.15) is 13.3 Å². The molecule has 0 saturated carbocycles. The van der Waals surface area contributed by atoms with Crippen molar-refractivity contribution in [2.45, 2.75) is 13.3 Å². The van der Waals surface area contributed by atoms with E-state index in [0.29, 0.717) is 18.8 Å². The molecule has 1 atom stereocenters. The van der Waals surface area contributed by atoms with E-state index >= 15 is 0 Å². The van der Waals surface area contributed by atoms with Crippen LogP contribution in [0.15, 0.2) is 16.9 Å². The standard InChI is InChI=1S/C9H14N4O2/c1-6(4-5-10)9(15)11-7-2-3-8(14)13-12-7/h2-3,6H,4-5,10H2,1H3,(H,13,14)(H,11,12,15). The highest BCUT2D eigenvalue weighted by Crippen LogP contribution is 2.04. The molecule has 1 heterocycles. The van der Waals surface area contributed by atoms with E-state index in [2.05, 4.69) is 15.5 Å². The molecule has 6 nitrogen and oxygen atoms in total. The summed E-state index contributed by atoms with van der Waals surface area (Å²) < 4.78 is 0. The van der Waals surface area contributed by atoms with Crippen LogP contribution >= 0.6 is 0 Å². The Kier molecular flexibility index (Phi) is 3.99. The molecule has 6 heteroatoms. The van der Waals surface area contributed by atoms with Gasteiger partial charge in [0.1, 0.15) is 0 Å². The van der Waals surface area contributed by atoms with Gasteiger partial charge in [-0.05, 0) is 19.0 Å². The lowest BCUT2D eigenvalue weighted by atomic mass is 10.1. The van der Waals surface area contributed by atoms with Crippen molar-refractivity contribution in [3.05, 3.63) is 22.5 Å². The Labute approximate surface area is 86.9 Å². The molecule has 82 valence electrons. The fourth-order valence-corrected chi connectivity index (χ4v) is 1.04. The maximum absolute atomic E-state index is 11.5. The number of hydrogen-bond acceptors (Lipinski definition) is 4. The quantitative estimate of drug-likeness (QED) is 0.634. The maximum Gasteiger partial charge on any atom is 0.264 e. The molecule has 1 aromatic heterocycles. The number of nitrogens with one attached hydrogen (secondary N) is 2. The molecule has 15 heavy (non-hydrogen) atoms. The predicted molar refractivity (Wildman–Crippen MR) is 56.3 cm³/mol. The summed E-state index contributed by atoms with van der Waals surface area (Å²) in [6.07, 6.45) is 0.620. The van der Waals surface area contributed by atoms with Crippen LogP contribution in [0.3, 0.4) is 0 Å². The number of nitrogens with two attached hydrogens (primary N) is 1. The number of amides is 1. The minimum Gasteiger partial charge on any atom is -0.330 e. The molecular formula is C9H14N4O2. The van der Waals surface area contributed by atoms with Crippen molar-refractivity contribution >= 4 is 11.7 Å². The first-order valence-corrected chi connectivity index (χ1v) is 4.70. The zero-order valence-corrected chi connectivity index (χ0v) is 8.49. The number of aromatic amines is 1. The van der Waals surface area contributed by atoms with Gasteiger partial charge >= 0.3 is 0 Å². The molecule has 0 spiro atoms. The molecule has 0 bridgehead atoms. The van der Waals surface area contributed by atoms with Crippen molar-refractivity contribution in [3.8, 4) is 0 Å². The number of anilines is 1. The summed E-state index contributed by atoms with van der Waals surface area (Å²) in [4.78, 5) is 22.2. The van der Waals surface area contributed by atoms with E-state index in [1.807, 2.05) is 0 Å². The highest BCUT2D eigenvalue weighted by Gasteiger charge is 2.12. The van der Waals surface area contributed by atoms with Crippen LogP contribution in [0.4, 0.5) is 5.82 Å². The number of nitrogens with zero attached hydrogens (tertiary/aromatic N) is 1. The third kappa shape index (κ3) is 3.51. The van der Waals surface area contributed by atoms with Gasteiger partial charge in [0.25, 0.3) is 5.56 Å². The zero-order chi connectivity index (χ0) is 11.3. The first-order chi connectivity index (χ1) is 7.13. The average Bonchev–Trinajstić information content (AvgIpc) is 2.22. The third-order valence-electron chi connectivity index (χ3n) is 1.98. The van der Waals surface area contributed by atoms with Crippen LogP contribution in [0.2, 0.25) is 0 Å². The fourth-order valence-electron chi connectivity index (χ4n) is 1.04. The fraction of sp³-hybridized carbons (Fsp3) is 0.444. The summed E-state index contributed by atoms with van der Waals surface area (Å²) in [5, 5.41) is 8.47. The van der Waals surface area contributed by atoms with Gasteiger partial charge in [0.05, 0.1) is 0 Å². The molecule has 0 saturated heterocycles. The molecule has 4 N–H and O–H groups in total. The number of hydrogen-bond donors (Lipinski definition) is 3. The summed E-state index contributed by atoms with van der Waals surface area (Å²) in [5.41, 5.74) is 5.03. The van der Waals surface area contributed by atoms with Crippen LogP contribution in [-0.4, -0.2) is 22.6 Å². The smallest absolute Gasteiger partial charge is 0.264 e. The molecule has 1 amide bonds. The number of rotatable bonds is 4. The van der Waals surface area contributed by atoms with Crippen molar-refractivity contribution < 1.29 is 4.79 Å². The lowest BCUT2D eigenvalue weighted by molar-refractivity contribution is -0.119. The highest BCUT2D eigenvalue weighted by molar-refractivity contribution is 5.91. The van der Waals surface area contributed by atoms with E-state index in [1.165, 1.54) is 12.1 Å². The van der Waals surface area contributed by atoms with Gasteiger partial charge in [0, 0.05) is 12.0 Å². The van der Waals surface area contributed by atoms with Crippen molar-refractivity contribution in [2.24, 2.45) is 11.7 Å². The summed E-state index contributed by atoms with van der Waals surface area (Å²) in [5.74, 6) is 0.0206. The van der Waals surface area contributed by atoms with Crippen LogP contribution < -0.4 is 16.6 Å². The number of H-pyrrole nitrogens is 1. The minimum atomic E-state index is -0.303. The van der Waals surface area contributed by atoms with Crippen molar-refractivity contribution in [1.29, 1.82) is 0 Å². The molecule has 1 rings (SSSR count). The van der Waals surface area contributed by atoms with E-state index in [9.17, 15) is 9.59 Å².